The number of hydrogen-bond donors (Lipinski definition) is 1. The van der Waals surface area contributed by atoms with Gasteiger partial charge in [-0.2, -0.15) is 0 Å². The molecule has 46 heavy (non-hydrogen) atoms. The molecule has 1 saturated carbocycles. The highest BCUT2D eigenvalue weighted by Crippen LogP contribution is 2.66. The van der Waals surface area contributed by atoms with Crippen molar-refractivity contribution in [3.05, 3.63) is 94.5 Å². The standard InChI is InChI=1S/C36H40N2O7S/c1-23-9-7-8-12-28(23)22-46(41,42)37-29-15-17-36(45-25(3)40)31-21-27-13-14-30(43-24(2)39)33-32(27)35(36,34(29)44-33)18-20-38(31)19-16-26-10-5-4-6-11-26/h4-14,29,31,34,37H,15-22H2,1-3H3/t29-,31-,34+,35+,36-/m1/s1. The van der Waals surface area contributed by atoms with Crippen molar-refractivity contribution in [1.29, 1.82) is 0 Å². The molecule has 1 spiro atoms. The van der Waals surface area contributed by atoms with Gasteiger partial charge in [0.1, 0.15) is 11.7 Å². The summed E-state index contributed by atoms with van der Waals surface area (Å²) in [5, 5.41) is 0. The molecule has 4 aliphatic rings. The molecule has 242 valence electrons. The van der Waals surface area contributed by atoms with Gasteiger partial charge in [0.25, 0.3) is 0 Å². The van der Waals surface area contributed by atoms with Gasteiger partial charge in [-0.1, -0.05) is 60.7 Å². The molecule has 3 aromatic carbocycles. The predicted molar refractivity (Wildman–Crippen MR) is 172 cm³/mol. The second-order valence-electron chi connectivity index (χ2n) is 13.2. The molecule has 0 amide bonds. The molecule has 2 fully saturated rings. The van der Waals surface area contributed by atoms with E-state index in [1.807, 2.05) is 55.5 Å². The van der Waals surface area contributed by atoms with E-state index >= 15 is 0 Å². The maximum absolute atomic E-state index is 13.7. The molecule has 2 heterocycles. The molecule has 0 aromatic heterocycles. The Labute approximate surface area is 270 Å². The summed E-state index contributed by atoms with van der Waals surface area (Å²) in [7, 11) is -3.78. The van der Waals surface area contributed by atoms with Crippen molar-refractivity contribution in [1.82, 2.24) is 9.62 Å². The summed E-state index contributed by atoms with van der Waals surface area (Å²) < 4.78 is 49.5. The lowest BCUT2D eigenvalue weighted by atomic mass is 9.48. The van der Waals surface area contributed by atoms with Crippen LogP contribution in [0.1, 0.15) is 60.9 Å². The van der Waals surface area contributed by atoms with Crippen LogP contribution in [0.3, 0.4) is 0 Å². The van der Waals surface area contributed by atoms with Gasteiger partial charge in [0, 0.05) is 26.0 Å². The summed E-state index contributed by atoms with van der Waals surface area (Å²) in [4.78, 5) is 27.6. The van der Waals surface area contributed by atoms with Crippen molar-refractivity contribution in [3.8, 4) is 11.5 Å². The third-order valence-electron chi connectivity index (χ3n) is 10.6. The summed E-state index contributed by atoms with van der Waals surface area (Å²) in [6, 6.07) is 20.8. The van der Waals surface area contributed by atoms with Gasteiger partial charge in [-0.3, -0.25) is 14.5 Å². The van der Waals surface area contributed by atoms with E-state index in [0.29, 0.717) is 37.2 Å². The number of rotatable bonds is 9. The van der Waals surface area contributed by atoms with Crippen molar-refractivity contribution < 1.29 is 32.2 Å². The quantitative estimate of drug-likeness (QED) is 0.270. The minimum absolute atomic E-state index is 0.137. The highest BCUT2D eigenvalue weighted by molar-refractivity contribution is 7.88. The van der Waals surface area contributed by atoms with Crippen molar-refractivity contribution in [3.63, 3.8) is 0 Å². The molecule has 3 aromatic rings. The lowest BCUT2D eigenvalue weighted by molar-refractivity contribution is -0.218. The number of carbonyl (C=O) groups excluding carboxylic acids is 2. The van der Waals surface area contributed by atoms with E-state index in [2.05, 4.69) is 21.8 Å². The van der Waals surface area contributed by atoms with E-state index in [1.165, 1.54) is 19.4 Å². The van der Waals surface area contributed by atoms with Gasteiger partial charge in [-0.15, -0.1) is 0 Å². The Hall–Kier alpha value is -3.73. The number of piperidine rings is 1. The number of hydrogen-bond acceptors (Lipinski definition) is 8. The molecule has 2 bridgehead atoms. The molecule has 0 unspecified atom stereocenters. The second kappa shape index (κ2) is 11.5. The number of carbonyl (C=O) groups is 2. The summed E-state index contributed by atoms with van der Waals surface area (Å²) >= 11 is 0. The Kier molecular flexibility index (Phi) is 7.73. The van der Waals surface area contributed by atoms with Gasteiger partial charge < -0.3 is 14.2 Å². The molecule has 7 rings (SSSR count). The summed E-state index contributed by atoms with van der Waals surface area (Å²) in [5.74, 6) is -0.246. The van der Waals surface area contributed by atoms with E-state index in [1.54, 1.807) is 6.07 Å². The van der Waals surface area contributed by atoms with Crippen LogP contribution in [0.25, 0.3) is 0 Å². The highest BCUT2D eigenvalue weighted by atomic mass is 32.2. The second-order valence-corrected chi connectivity index (χ2v) is 15.0. The summed E-state index contributed by atoms with van der Waals surface area (Å²) in [6.45, 7) is 6.21. The number of aryl methyl sites for hydroxylation is 1. The fraction of sp³-hybridized carbons (Fsp3) is 0.444. The zero-order chi connectivity index (χ0) is 32.3. The first-order valence-electron chi connectivity index (χ1n) is 16.1. The van der Waals surface area contributed by atoms with Crippen molar-refractivity contribution in [2.45, 2.75) is 87.8 Å². The average molecular weight is 645 g/mol. The molecule has 2 aliphatic carbocycles. The fourth-order valence-corrected chi connectivity index (χ4v) is 10.4. The Morgan fingerprint density at radius 1 is 1.00 bits per heavy atom. The normalized spacial score (nSPS) is 27.8. The number of ether oxygens (including phenoxy) is 3. The first-order chi connectivity index (χ1) is 22.0. The molecule has 1 N–H and O–H groups in total. The van der Waals surface area contributed by atoms with Crippen LogP contribution >= 0.6 is 0 Å². The summed E-state index contributed by atoms with van der Waals surface area (Å²) in [5.41, 5.74) is 3.03. The largest absolute Gasteiger partial charge is 0.483 e. The predicted octanol–water partition coefficient (Wildman–Crippen LogP) is 4.38. The molecular formula is C36H40N2O7S. The van der Waals surface area contributed by atoms with Crippen LogP contribution in [-0.4, -0.2) is 62.1 Å². The van der Waals surface area contributed by atoms with E-state index in [-0.39, 0.29) is 17.8 Å². The monoisotopic (exact) mass is 644 g/mol. The van der Waals surface area contributed by atoms with Gasteiger partial charge in [0.05, 0.1) is 23.3 Å². The topological polar surface area (TPSA) is 111 Å². The average Bonchev–Trinajstić information content (AvgIpc) is 3.36. The third-order valence-corrected chi connectivity index (χ3v) is 11.9. The SMILES string of the molecule is CC(=O)Oc1ccc2c3c1O[C@H]1[C@H](NS(=O)(=O)Cc4ccccc4C)CC[C@@]4(OC(C)=O)[C@@H](C2)N(CCc2ccccc2)CC[C@]314. The molecule has 0 radical (unpaired) electrons. The Morgan fingerprint density at radius 2 is 1.76 bits per heavy atom. The van der Waals surface area contributed by atoms with E-state index in [0.717, 1.165) is 41.8 Å². The van der Waals surface area contributed by atoms with Gasteiger partial charge >= 0.3 is 11.9 Å². The molecular weight excluding hydrogens is 604 g/mol. The van der Waals surface area contributed by atoms with E-state index in [4.69, 9.17) is 14.2 Å². The van der Waals surface area contributed by atoms with Gasteiger partial charge in [-0.05, 0) is 73.9 Å². The van der Waals surface area contributed by atoms with E-state index in [9.17, 15) is 18.0 Å². The Morgan fingerprint density at radius 3 is 2.50 bits per heavy atom. The number of sulfonamides is 1. The van der Waals surface area contributed by atoms with Gasteiger partial charge in [0.2, 0.25) is 10.0 Å². The first-order valence-corrected chi connectivity index (χ1v) is 17.7. The number of nitrogens with zero attached hydrogens (tertiary/aromatic N) is 1. The van der Waals surface area contributed by atoms with Gasteiger partial charge in [0.15, 0.2) is 11.5 Å². The molecule has 5 atom stereocenters. The number of nitrogens with one attached hydrogen (secondary N) is 1. The lowest BCUT2D eigenvalue weighted by Crippen LogP contribution is -2.79. The van der Waals surface area contributed by atoms with Crippen molar-refractivity contribution in [2.24, 2.45) is 0 Å². The minimum Gasteiger partial charge on any atom is -0.483 e. The van der Waals surface area contributed by atoms with Crippen LogP contribution in [0.5, 0.6) is 11.5 Å². The smallest absolute Gasteiger partial charge is 0.308 e. The van der Waals surface area contributed by atoms with Crippen molar-refractivity contribution in [2.75, 3.05) is 13.1 Å². The number of likely N-dealkylation sites (tertiary alicyclic amines) is 1. The minimum atomic E-state index is -3.78. The molecule has 2 aliphatic heterocycles. The fourth-order valence-electron chi connectivity index (χ4n) is 8.85. The Bertz CT molecular complexity index is 1790. The maximum Gasteiger partial charge on any atom is 0.308 e. The zero-order valence-corrected chi connectivity index (χ0v) is 27.3. The van der Waals surface area contributed by atoms with Crippen LogP contribution in [0.2, 0.25) is 0 Å². The van der Waals surface area contributed by atoms with Crippen LogP contribution in [0.4, 0.5) is 0 Å². The number of esters is 2. The molecule has 9 nitrogen and oxygen atoms in total. The van der Waals surface area contributed by atoms with Crippen molar-refractivity contribution >= 4 is 22.0 Å². The van der Waals surface area contributed by atoms with Crippen LogP contribution in [0.15, 0.2) is 66.7 Å². The van der Waals surface area contributed by atoms with Crippen LogP contribution in [0, 0.1) is 6.92 Å². The third kappa shape index (κ3) is 5.02. The van der Waals surface area contributed by atoms with E-state index < -0.39 is 39.2 Å². The van der Waals surface area contributed by atoms with Crippen LogP contribution in [-0.2, 0) is 48.4 Å². The van der Waals surface area contributed by atoms with Crippen LogP contribution < -0.4 is 14.2 Å². The lowest BCUT2D eigenvalue weighted by Gasteiger charge is -2.65. The first kappa shape index (κ1) is 30.9. The highest BCUT2D eigenvalue weighted by Gasteiger charge is 2.75. The zero-order valence-electron chi connectivity index (χ0n) is 26.5. The van der Waals surface area contributed by atoms with Gasteiger partial charge in [-0.25, -0.2) is 13.1 Å². The molecule has 10 heteroatoms. The maximum atomic E-state index is 13.7. The summed E-state index contributed by atoms with van der Waals surface area (Å²) in [6.07, 6.45) is 2.29. The number of benzene rings is 3. The Balaban J connectivity index is 1.31. The molecule has 1 saturated heterocycles.